The number of imide groups is 1. The van der Waals surface area contributed by atoms with E-state index >= 15 is 8.78 Å². The average Bonchev–Trinajstić information content (AvgIpc) is 1.08. The molecule has 0 spiro atoms. The molecule has 5 aromatic rings. The number of benzene rings is 3. The molecule has 7 heterocycles. The molecular weight excluding hydrogens is 1200 g/mol. The van der Waals surface area contributed by atoms with Crippen molar-refractivity contribution in [2.45, 2.75) is 154 Å². The largest absolute Gasteiger partial charge is 0.468 e. The third kappa shape index (κ3) is 14.1. The molecule has 2 aromatic heterocycles. The second-order valence-electron chi connectivity index (χ2n) is 28.1. The molecular formula is C69H89ClF2N10O8Si. The number of hydrogen-bond donors (Lipinski definition) is 1. The number of likely N-dealkylation sites (tertiary alicyclic amines) is 1. The summed E-state index contributed by atoms with van der Waals surface area (Å²) in [5.74, 6) is 3.11. The van der Waals surface area contributed by atoms with E-state index in [4.69, 9.17) is 45.5 Å². The number of piperidine rings is 1. The zero-order valence-electron chi connectivity index (χ0n) is 54.6. The van der Waals surface area contributed by atoms with Crippen LogP contribution in [0.3, 0.4) is 0 Å². The van der Waals surface area contributed by atoms with E-state index in [9.17, 15) is 19.2 Å². The molecule has 18 nitrogen and oxygen atoms in total. The second-order valence-corrected chi connectivity index (χ2v) is 34.1. The van der Waals surface area contributed by atoms with Gasteiger partial charge in [0.2, 0.25) is 5.91 Å². The summed E-state index contributed by atoms with van der Waals surface area (Å²) in [4.78, 5) is 78.8. The maximum atomic E-state index is 18.3. The van der Waals surface area contributed by atoms with Gasteiger partial charge in [-0.2, -0.15) is 9.97 Å². The van der Waals surface area contributed by atoms with Crippen molar-refractivity contribution in [2.75, 3.05) is 102 Å². The number of ether oxygens (including phenoxy) is 4. The van der Waals surface area contributed by atoms with Gasteiger partial charge in [0.15, 0.2) is 12.6 Å². The standard InChI is InChI=1S/C69H89ClF2N10O8Si/c1-43(2)91(44(3)4,45(5)6)33-22-52-56(71)18-14-47-34-51(89-42-87-10)36-53(59(47)52)61-60(72)62-54(37-73-61)63(80-38-49-15-16-50(39-80)82(49)67(86)90-68(7,8)9)76-65(75-62)88-41-69(23-24-69)40-78-31-29-77(30-32-78)25-11-12-46-19-26-79(27-20-46)64(84)48-13-17-55(70)57(35-48)81-28-21-58(83)74-66(81)85/h13-14,17-18,34-37,43-46,49-50H,11-12,15-16,19-21,23-32,38-42H2,1-10H3,(H,74,83,85). The molecule has 5 aliphatic heterocycles. The first-order valence-corrected chi connectivity index (χ1v) is 35.4. The number of halogens is 3. The number of fused-ring (bicyclic) bond motifs is 4. The summed E-state index contributed by atoms with van der Waals surface area (Å²) in [6.07, 6.45) is 8.98. The highest BCUT2D eigenvalue weighted by atomic mass is 35.5. The minimum absolute atomic E-state index is 0.0101. The Bertz CT molecular complexity index is 3600. The van der Waals surface area contributed by atoms with Crippen LogP contribution in [-0.4, -0.2) is 177 Å². The molecule has 1 saturated carbocycles. The minimum atomic E-state index is -2.36. The number of carbonyl (C=O) groups is 4. The molecule has 2 bridgehead atoms. The van der Waals surface area contributed by atoms with Crippen molar-refractivity contribution in [1.29, 1.82) is 0 Å². The van der Waals surface area contributed by atoms with Gasteiger partial charge in [0.25, 0.3) is 5.91 Å². The number of urea groups is 1. The van der Waals surface area contributed by atoms with E-state index in [1.165, 1.54) is 18.1 Å². The molecule has 6 fully saturated rings. The van der Waals surface area contributed by atoms with Crippen molar-refractivity contribution in [1.82, 2.24) is 39.9 Å². The van der Waals surface area contributed by atoms with Crippen LogP contribution in [0.5, 0.6) is 11.8 Å². The number of nitrogens with one attached hydrogen (secondary N) is 1. The van der Waals surface area contributed by atoms with Gasteiger partial charge in [-0.1, -0.05) is 65.1 Å². The van der Waals surface area contributed by atoms with Crippen molar-refractivity contribution in [3.8, 4) is 34.5 Å². The molecule has 1 aliphatic carbocycles. The fraction of sp³-hybridized carbons (Fsp3) is 0.580. The number of anilines is 2. The summed E-state index contributed by atoms with van der Waals surface area (Å²) in [6.45, 7) is 27.2. The molecule has 11 rings (SSSR count). The molecule has 5 saturated heterocycles. The van der Waals surface area contributed by atoms with E-state index < -0.39 is 31.3 Å². The fourth-order valence-electron chi connectivity index (χ4n) is 15.0. The predicted molar refractivity (Wildman–Crippen MR) is 353 cm³/mol. The lowest BCUT2D eigenvalue weighted by molar-refractivity contribution is -0.120. The number of pyridine rings is 1. The SMILES string of the molecule is COCOc1cc(-c2ncc3c(N4CC5CCC(C4)N5C(=O)OC(C)(C)C)nc(OCC4(CN5CCN(CCCC6CCN(C(=O)c7ccc(Cl)c(N8CCC(=O)NC8=O)c7)CC6)CC5)CC4)nc3c2F)c2c(C#C[Si](C(C)C)(C(C)C)C(C)C)c(F)ccc2c1. The van der Waals surface area contributed by atoms with Crippen LogP contribution in [-0.2, 0) is 14.3 Å². The average molecular weight is 1290 g/mol. The minimum Gasteiger partial charge on any atom is -0.468 e. The van der Waals surface area contributed by atoms with Crippen LogP contribution in [0.15, 0.2) is 48.7 Å². The van der Waals surface area contributed by atoms with Crippen molar-refractivity contribution in [3.63, 3.8) is 0 Å². The molecule has 91 heavy (non-hydrogen) atoms. The van der Waals surface area contributed by atoms with E-state index in [2.05, 4.69) is 73.0 Å². The van der Waals surface area contributed by atoms with Crippen molar-refractivity contribution in [3.05, 3.63) is 76.4 Å². The molecule has 5 amide bonds. The van der Waals surface area contributed by atoms with Gasteiger partial charge in [-0.15, -0.1) is 5.54 Å². The number of hydrogen-bond acceptors (Lipinski definition) is 14. The Morgan fingerprint density at radius 1 is 0.857 bits per heavy atom. The summed E-state index contributed by atoms with van der Waals surface area (Å²) >= 11 is 6.47. The summed E-state index contributed by atoms with van der Waals surface area (Å²) in [5, 5.41) is 4.08. The van der Waals surface area contributed by atoms with Gasteiger partial charge in [-0.3, -0.25) is 29.7 Å². The zero-order chi connectivity index (χ0) is 64.7. The van der Waals surface area contributed by atoms with Crippen LogP contribution >= 0.6 is 11.6 Å². The summed E-state index contributed by atoms with van der Waals surface area (Å²) in [6, 6.07) is 10.7. The van der Waals surface area contributed by atoms with Gasteiger partial charge in [0.05, 0.1) is 40.4 Å². The fourth-order valence-corrected chi connectivity index (χ4v) is 20.4. The van der Waals surface area contributed by atoms with E-state index in [0.29, 0.717) is 105 Å². The van der Waals surface area contributed by atoms with Crippen molar-refractivity contribution < 1.29 is 46.9 Å². The monoisotopic (exact) mass is 1290 g/mol. The summed E-state index contributed by atoms with van der Waals surface area (Å²) in [5.41, 5.74) is 5.12. The van der Waals surface area contributed by atoms with Gasteiger partial charge in [-0.25, -0.2) is 18.4 Å². The Hall–Kier alpha value is -6.70. The van der Waals surface area contributed by atoms with Gasteiger partial charge < -0.3 is 38.5 Å². The smallest absolute Gasteiger partial charge is 0.410 e. The van der Waals surface area contributed by atoms with Gasteiger partial charge >= 0.3 is 18.1 Å². The maximum absolute atomic E-state index is 18.3. The number of carbonyl (C=O) groups excluding carboxylic acids is 4. The summed E-state index contributed by atoms with van der Waals surface area (Å²) in [7, 11) is -0.835. The Morgan fingerprint density at radius 2 is 1.55 bits per heavy atom. The van der Waals surface area contributed by atoms with Gasteiger partial charge in [0, 0.05) is 107 Å². The molecule has 2 atom stereocenters. The van der Waals surface area contributed by atoms with Crippen LogP contribution < -0.4 is 24.6 Å². The normalized spacial score (nSPS) is 20.0. The third-order valence-electron chi connectivity index (χ3n) is 20.0. The van der Waals surface area contributed by atoms with Crippen LogP contribution in [0.25, 0.3) is 32.9 Å². The van der Waals surface area contributed by atoms with E-state index in [1.807, 2.05) is 30.6 Å². The predicted octanol–water partition coefficient (Wildman–Crippen LogP) is 12.5. The van der Waals surface area contributed by atoms with E-state index in [1.54, 1.807) is 42.6 Å². The highest BCUT2D eigenvalue weighted by Gasteiger charge is 2.48. The third-order valence-corrected chi connectivity index (χ3v) is 26.6. The van der Waals surface area contributed by atoms with Crippen LogP contribution in [0.2, 0.25) is 21.6 Å². The Labute approximate surface area is 540 Å². The number of rotatable bonds is 19. The number of methoxy groups -OCH3 is 1. The molecule has 6 aliphatic rings. The second kappa shape index (κ2) is 27.1. The molecule has 1 N–H and O–H groups in total. The van der Waals surface area contributed by atoms with Crippen molar-refractivity contribution >= 4 is 76.8 Å². The lowest BCUT2D eigenvalue weighted by atomic mass is 9.91. The first-order chi connectivity index (χ1) is 43.4. The molecule has 22 heteroatoms. The van der Waals surface area contributed by atoms with Crippen LogP contribution in [0.4, 0.5) is 29.9 Å². The van der Waals surface area contributed by atoms with Crippen molar-refractivity contribution in [2.24, 2.45) is 11.3 Å². The molecule has 0 radical (unpaired) electrons. The quantitative estimate of drug-likeness (QED) is 0.0469. The zero-order valence-corrected chi connectivity index (χ0v) is 56.3. The molecule has 488 valence electrons. The first-order valence-electron chi connectivity index (χ1n) is 32.8. The number of nitrogens with zero attached hydrogens (tertiary/aromatic N) is 9. The van der Waals surface area contributed by atoms with Gasteiger partial charge in [-0.05, 0) is 143 Å². The van der Waals surface area contributed by atoms with Crippen LogP contribution in [0.1, 0.15) is 136 Å². The number of aromatic nitrogens is 3. The summed E-state index contributed by atoms with van der Waals surface area (Å²) < 4.78 is 58.8. The molecule has 2 unspecified atom stereocenters. The lowest BCUT2D eigenvalue weighted by Gasteiger charge is -2.42. The van der Waals surface area contributed by atoms with Gasteiger partial charge in [0.1, 0.15) is 42.3 Å². The van der Waals surface area contributed by atoms with Crippen LogP contribution in [0, 0.1) is 34.4 Å². The number of amides is 5. The number of piperazine rings is 2. The Balaban J connectivity index is 0.787. The lowest BCUT2D eigenvalue weighted by Crippen LogP contribution is -2.57. The Kier molecular flexibility index (Phi) is 19.6. The topological polar surface area (TPSA) is 175 Å². The first kappa shape index (κ1) is 65.8. The highest BCUT2D eigenvalue weighted by molar-refractivity contribution is 6.90. The maximum Gasteiger partial charge on any atom is 0.410 e. The highest BCUT2D eigenvalue weighted by Crippen LogP contribution is 2.48. The molecule has 3 aromatic carbocycles. The van der Waals surface area contributed by atoms with E-state index in [0.717, 1.165) is 90.6 Å². The Morgan fingerprint density at radius 3 is 2.20 bits per heavy atom. The van der Waals surface area contributed by atoms with E-state index in [-0.39, 0.29) is 77.9 Å².